The highest BCUT2D eigenvalue weighted by Gasteiger charge is 2.71. The van der Waals surface area contributed by atoms with Crippen LogP contribution in [0, 0.1) is 11.3 Å². The van der Waals surface area contributed by atoms with Gasteiger partial charge in [-0.25, -0.2) is 0 Å². The standard InChI is InChI=1S/C20H28O6/c1-19(2)24-12-15-16(26-19)17(23-11-13-7-5-4-6-8-13)20(9-14(20)10-21)18(22-3)25-15/h4-8,14-18,21H,9-12H2,1-3H3/t14-,15+,16+,17-,18-,20+/m0/s1. The molecule has 6 nitrogen and oxygen atoms in total. The van der Waals surface area contributed by atoms with Crippen LogP contribution in [0.5, 0.6) is 0 Å². The van der Waals surface area contributed by atoms with Gasteiger partial charge in [0.2, 0.25) is 0 Å². The molecule has 1 aromatic rings. The molecular formula is C20H28O6. The number of fused-ring (bicyclic) bond motifs is 1. The second-order valence-electron chi connectivity index (χ2n) is 7.95. The number of methoxy groups -OCH3 is 1. The van der Waals surface area contributed by atoms with Gasteiger partial charge in [-0.1, -0.05) is 30.3 Å². The first-order valence-electron chi connectivity index (χ1n) is 9.26. The van der Waals surface area contributed by atoms with Gasteiger partial charge in [0.15, 0.2) is 12.1 Å². The van der Waals surface area contributed by atoms with E-state index in [1.165, 1.54) is 0 Å². The van der Waals surface area contributed by atoms with Crippen LogP contribution in [0.25, 0.3) is 0 Å². The first-order valence-corrected chi connectivity index (χ1v) is 9.26. The molecule has 2 saturated heterocycles. The minimum absolute atomic E-state index is 0.0868. The van der Waals surface area contributed by atoms with Crippen molar-refractivity contribution in [3.63, 3.8) is 0 Å². The van der Waals surface area contributed by atoms with Crippen LogP contribution in [0.15, 0.2) is 30.3 Å². The van der Waals surface area contributed by atoms with Crippen molar-refractivity contribution in [3.05, 3.63) is 35.9 Å². The van der Waals surface area contributed by atoms with Crippen molar-refractivity contribution in [1.82, 2.24) is 0 Å². The van der Waals surface area contributed by atoms with E-state index in [-0.39, 0.29) is 36.3 Å². The molecule has 6 heteroatoms. The molecule has 0 aromatic heterocycles. The molecule has 2 aliphatic heterocycles. The zero-order chi connectivity index (χ0) is 18.4. The number of ether oxygens (including phenoxy) is 5. The molecule has 26 heavy (non-hydrogen) atoms. The van der Waals surface area contributed by atoms with Crippen LogP contribution in [0.1, 0.15) is 25.8 Å². The fraction of sp³-hybridized carbons (Fsp3) is 0.700. The minimum atomic E-state index is -0.691. The maximum atomic E-state index is 9.81. The third kappa shape index (κ3) is 3.09. The van der Waals surface area contributed by atoms with Gasteiger partial charge in [-0.3, -0.25) is 0 Å². The molecule has 2 heterocycles. The lowest BCUT2D eigenvalue weighted by Gasteiger charge is -2.52. The molecule has 144 valence electrons. The predicted molar refractivity (Wildman–Crippen MR) is 93.2 cm³/mol. The summed E-state index contributed by atoms with van der Waals surface area (Å²) in [6, 6.07) is 10.1. The van der Waals surface area contributed by atoms with Gasteiger partial charge in [0.25, 0.3) is 0 Å². The van der Waals surface area contributed by atoms with Crippen molar-refractivity contribution in [2.75, 3.05) is 20.3 Å². The normalized spacial score (nSPS) is 41.0. The van der Waals surface area contributed by atoms with E-state index in [0.29, 0.717) is 13.2 Å². The summed E-state index contributed by atoms with van der Waals surface area (Å²) in [7, 11) is 1.64. The first kappa shape index (κ1) is 18.3. The van der Waals surface area contributed by atoms with Gasteiger partial charge in [-0.15, -0.1) is 0 Å². The van der Waals surface area contributed by atoms with Gasteiger partial charge >= 0.3 is 0 Å². The first-order chi connectivity index (χ1) is 12.5. The topological polar surface area (TPSA) is 66.4 Å². The fourth-order valence-electron chi connectivity index (χ4n) is 4.44. The molecule has 1 aliphatic carbocycles. The number of hydrogen-bond acceptors (Lipinski definition) is 6. The Kier molecular flexibility index (Phi) is 4.84. The Labute approximate surface area is 154 Å². The maximum Gasteiger partial charge on any atom is 0.166 e. The van der Waals surface area contributed by atoms with Crippen LogP contribution in [0.4, 0.5) is 0 Å². The lowest BCUT2D eigenvalue weighted by atomic mass is 9.85. The summed E-state index contributed by atoms with van der Waals surface area (Å²) in [6.07, 6.45) is -0.374. The molecule has 3 fully saturated rings. The maximum absolute atomic E-state index is 9.81. The van der Waals surface area contributed by atoms with Crippen molar-refractivity contribution in [2.45, 2.75) is 57.3 Å². The Morgan fingerprint density at radius 3 is 2.65 bits per heavy atom. The monoisotopic (exact) mass is 364 g/mol. The van der Waals surface area contributed by atoms with Crippen molar-refractivity contribution in [3.8, 4) is 0 Å². The number of benzene rings is 1. The Balaban J connectivity index is 1.61. The van der Waals surface area contributed by atoms with E-state index in [9.17, 15) is 5.11 Å². The van der Waals surface area contributed by atoms with Crippen LogP contribution in [-0.2, 0) is 30.3 Å². The zero-order valence-corrected chi connectivity index (χ0v) is 15.6. The quantitative estimate of drug-likeness (QED) is 0.863. The summed E-state index contributed by atoms with van der Waals surface area (Å²) in [5, 5.41) is 9.81. The Bertz CT molecular complexity index is 620. The number of aliphatic hydroxyl groups is 1. The van der Waals surface area contributed by atoms with Crippen LogP contribution < -0.4 is 0 Å². The average molecular weight is 364 g/mol. The summed E-state index contributed by atoms with van der Waals surface area (Å²) in [6.45, 7) is 4.82. The third-order valence-corrected chi connectivity index (χ3v) is 5.85. The summed E-state index contributed by atoms with van der Waals surface area (Å²) in [5.41, 5.74) is 0.722. The largest absolute Gasteiger partial charge is 0.396 e. The molecule has 4 rings (SSSR count). The summed E-state index contributed by atoms with van der Waals surface area (Å²) in [4.78, 5) is 0. The van der Waals surface area contributed by atoms with Gasteiger partial charge in [0, 0.05) is 13.7 Å². The lowest BCUT2D eigenvalue weighted by molar-refractivity contribution is -0.385. The van der Waals surface area contributed by atoms with Crippen LogP contribution in [0.2, 0.25) is 0 Å². The molecule has 1 saturated carbocycles. The third-order valence-electron chi connectivity index (χ3n) is 5.85. The van der Waals surface area contributed by atoms with E-state index < -0.39 is 12.1 Å². The van der Waals surface area contributed by atoms with E-state index in [2.05, 4.69) is 0 Å². The van der Waals surface area contributed by atoms with Crippen LogP contribution in [0.3, 0.4) is 0 Å². The second-order valence-corrected chi connectivity index (χ2v) is 7.95. The van der Waals surface area contributed by atoms with Gasteiger partial charge in [0.05, 0.1) is 24.7 Å². The fourth-order valence-corrected chi connectivity index (χ4v) is 4.44. The number of hydrogen-bond donors (Lipinski definition) is 1. The minimum Gasteiger partial charge on any atom is -0.396 e. The molecule has 3 aliphatic rings. The van der Waals surface area contributed by atoms with Crippen molar-refractivity contribution in [1.29, 1.82) is 0 Å². The molecule has 0 unspecified atom stereocenters. The van der Waals surface area contributed by atoms with Gasteiger partial charge < -0.3 is 28.8 Å². The highest BCUT2D eigenvalue weighted by Crippen LogP contribution is 2.63. The molecule has 1 N–H and O–H groups in total. The highest BCUT2D eigenvalue weighted by molar-refractivity contribution is 5.17. The zero-order valence-electron chi connectivity index (χ0n) is 15.6. The molecule has 6 atom stereocenters. The van der Waals surface area contributed by atoms with E-state index in [1.807, 2.05) is 44.2 Å². The van der Waals surface area contributed by atoms with Crippen molar-refractivity contribution < 1.29 is 28.8 Å². The van der Waals surface area contributed by atoms with Gasteiger partial charge in [0.1, 0.15) is 12.2 Å². The summed E-state index contributed by atoms with van der Waals surface area (Å²) < 4.78 is 30.2. The van der Waals surface area contributed by atoms with Gasteiger partial charge in [-0.2, -0.15) is 0 Å². The van der Waals surface area contributed by atoms with Crippen LogP contribution >= 0.6 is 0 Å². The molecule has 0 bridgehead atoms. The Morgan fingerprint density at radius 2 is 2.00 bits per heavy atom. The molecule has 1 aromatic carbocycles. The average Bonchev–Trinajstić information content (AvgIpc) is 3.36. The molecule has 0 amide bonds. The SMILES string of the molecule is CO[C@H]1O[C@@H]2COC(C)(C)O[C@H]2[C@H](OCc2ccccc2)[C@]12C[C@H]2CO. The molecule has 0 radical (unpaired) electrons. The van der Waals surface area contributed by atoms with E-state index >= 15 is 0 Å². The highest BCUT2D eigenvalue weighted by atomic mass is 16.8. The Morgan fingerprint density at radius 1 is 1.23 bits per heavy atom. The molecular weight excluding hydrogens is 336 g/mol. The van der Waals surface area contributed by atoms with Gasteiger partial charge in [-0.05, 0) is 31.7 Å². The van der Waals surface area contributed by atoms with Crippen molar-refractivity contribution >= 4 is 0 Å². The van der Waals surface area contributed by atoms with E-state index in [1.54, 1.807) is 7.11 Å². The van der Waals surface area contributed by atoms with E-state index in [4.69, 9.17) is 23.7 Å². The Hall–Kier alpha value is -1.02. The number of rotatable bonds is 5. The predicted octanol–water partition coefficient (Wildman–Crippen LogP) is 2.09. The molecule has 1 spiro atoms. The number of aliphatic hydroxyl groups excluding tert-OH is 1. The smallest absolute Gasteiger partial charge is 0.166 e. The summed E-state index contributed by atoms with van der Waals surface area (Å²) in [5.74, 6) is -0.604. The second kappa shape index (κ2) is 6.86. The van der Waals surface area contributed by atoms with Crippen molar-refractivity contribution in [2.24, 2.45) is 11.3 Å². The van der Waals surface area contributed by atoms with E-state index in [0.717, 1.165) is 12.0 Å². The lowest BCUT2D eigenvalue weighted by Crippen LogP contribution is -2.64. The van der Waals surface area contributed by atoms with Crippen LogP contribution in [-0.4, -0.2) is 55.8 Å². The summed E-state index contributed by atoms with van der Waals surface area (Å²) >= 11 is 0.